The molecule has 0 aliphatic rings. The third kappa shape index (κ3) is 7.11. The van der Waals surface area contributed by atoms with Gasteiger partial charge in [0, 0.05) is 25.7 Å². The summed E-state index contributed by atoms with van der Waals surface area (Å²) in [5.74, 6) is 1.16. The lowest BCUT2D eigenvalue weighted by atomic mass is 10.1. The first kappa shape index (κ1) is 18.0. The molecule has 0 saturated heterocycles. The van der Waals surface area contributed by atoms with Crippen LogP contribution in [0.1, 0.15) is 49.0 Å². The van der Waals surface area contributed by atoms with Crippen molar-refractivity contribution in [2.75, 3.05) is 13.6 Å². The Labute approximate surface area is 133 Å². The monoisotopic (exact) mass is 304 g/mol. The van der Waals surface area contributed by atoms with Crippen molar-refractivity contribution in [3.63, 3.8) is 0 Å². The van der Waals surface area contributed by atoms with Gasteiger partial charge in [-0.15, -0.1) is 0 Å². The quantitative estimate of drug-likeness (QED) is 0.391. The highest BCUT2D eigenvalue weighted by Crippen LogP contribution is 2.05. The number of nitrogens with two attached hydrogens (primary N) is 1. The third-order valence-corrected chi connectivity index (χ3v) is 3.42. The Bertz CT molecular complexity index is 480. The first-order chi connectivity index (χ1) is 10.5. The molecule has 0 atom stereocenters. The SMILES string of the molecule is CN=C(NCCCCC(C)C)NCc1ccc(C(N)=O)cc1. The van der Waals surface area contributed by atoms with Crippen LogP contribution in [0.2, 0.25) is 0 Å². The lowest BCUT2D eigenvalue weighted by molar-refractivity contribution is 0.100. The number of amides is 1. The fourth-order valence-electron chi connectivity index (χ4n) is 2.08. The average Bonchev–Trinajstić information content (AvgIpc) is 2.50. The standard InChI is InChI=1S/C17H28N4O/c1-13(2)6-4-5-11-20-17(19-3)21-12-14-7-9-15(10-8-14)16(18)22/h7-10,13H,4-6,11-12H2,1-3H3,(H2,18,22)(H2,19,20,21). The molecule has 1 aromatic rings. The van der Waals surface area contributed by atoms with Crippen molar-refractivity contribution >= 4 is 11.9 Å². The zero-order chi connectivity index (χ0) is 16.4. The molecule has 1 amide bonds. The van der Waals surface area contributed by atoms with Gasteiger partial charge in [-0.25, -0.2) is 0 Å². The zero-order valence-corrected chi connectivity index (χ0v) is 13.9. The van der Waals surface area contributed by atoms with E-state index in [0.29, 0.717) is 12.1 Å². The number of primary amides is 1. The van der Waals surface area contributed by atoms with E-state index < -0.39 is 5.91 Å². The van der Waals surface area contributed by atoms with E-state index in [-0.39, 0.29) is 0 Å². The number of aliphatic imine (C=N–C) groups is 1. The molecular weight excluding hydrogens is 276 g/mol. The van der Waals surface area contributed by atoms with E-state index in [1.165, 1.54) is 12.8 Å². The van der Waals surface area contributed by atoms with Gasteiger partial charge < -0.3 is 16.4 Å². The summed E-state index contributed by atoms with van der Waals surface area (Å²) < 4.78 is 0. The van der Waals surface area contributed by atoms with Crippen molar-refractivity contribution in [1.29, 1.82) is 0 Å². The maximum Gasteiger partial charge on any atom is 0.248 e. The predicted octanol–water partition coefficient (Wildman–Crippen LogP) is 2.28. The second kappa shape index (κ2) is 9.82. The normalized spacial score (nSPS) is 11.5. The van der Waals surface area contributed by atoms with Crippen LogP contribution in [-0.2, 0) is 6.54 Å². The summed E-state index contributed by atoms with van der Waals surface area (Å²) in [6.07, 6.45) is 3.64. The molecule has 0 aromatic heterocycles. The van der Waals surface area contributed by atoms with E-state index >= 15 is 0 Å². The van der Waals surface area contributed by atoms with Gasteiger partial charge in [-0.2, -0.15) is 0 Å². The van der Waals surface area contributed by atoms with Crippen LogP contribution >= 0.6 is 0 Å². The second-order valence-electron chi connectivity index (χ2n) is 5.80. The minimum Gasteiger partial charge on any atom is -0.366 e. The van der Waals surface area contributed by atoms with Crippen molar-refractivity contribution in [1.82, 2.24) is 10.6 Å². The van der Waals surface area contributed by atoms with Crippen molar-refractivity contribution in [2.24, 2.45) is 16.6 Å². The van der Waals surface area contributed by atoms with Gasteiger partial charge >= 0.3 is 0 Å². The van der Waals surface area contributed by atoms with Gasteiger partial charge in [0.25, 0.3) is 0 Å². The average molecular weight is 304 g/mol. The number of nitrogens with zero attached hydrogens (tertiary/aromatic N) is 1. The predicted molar refractivity (Wildman–Crippen MR) is 91.9 cm³/mol. The van der Waals surface area contributed by atoms with Crippen molar-refractivity contribution in [2.45, 2.75) is 39.7 Å². The Kier molecular flexibility index (Phi) is 8.04. The van der Waals surface area contributed by atoms with E-state index in [1.807, 2.05) is 12.1 Å². The van der Waals surface area contributed by atoms with Crippen molar-refractivity contribution in [3.05, 3.63) is 35.4 Å². The molecular formula is C17H28N4O. The molecule has 0 radical (unpaired) electrons. The Morgan fingerprint density at radius 2 is 1.86 bits per heavy atom. The first-order valence-electron chi connectivity index (χ1n) is 7.86. The van der Waals surface area contributed by atoms with E-state index in [9.17, 15) is 4.79 Å². The Hall–Kier alpha value is -2.04. The minimum absolute atomic E-state index is 0.404. The van der Waals surface area contributed by atoms with E-state index in [0.717, 1.165) is 30.4 Å². The summed E-state index contributed by atoms with van der Waals surface area (Å²) >= 11 is 0. The summed E-state index contributed by atoms with van der Waals surface area (Å²) in [4.78, 5) is 15.2. The smallest absolute Gasteiger partial charge is 0.248 e. The zero-order valence-electron chi connectivity index (χ0n) is 13.9. The van der Waals surface area contributed by atoms with Gasteiger partial charge in [0.1, 0.15) is 0 Å². The lowest BCUT2D eigenvalue weighted by Crippen LogP contribution is -2.37. The lowest BCUT2D eigenvalue weighted by Gasteiger charge is -2.12. The first-order valence-corrected chi connectivity index (χ1v) is 7.86. The van der Waals surface area contributed by atoms with Gasteiger partial charge in [-0.1, -0.05) is 38.8 Å². The maximum absolute atomic E-state index is 11.0. The highest BCUT2D eigenvalue weighted by atomic mass is 16.1. The van der Waals surface area contributed by atoms with Crippen LogP contribution in [0.4, 0.5) is 0 Å². The molecule has 5 nitrogen and oxygen atoms in total. The molecule has 0 heterocycles. The van der Waals surface area contributed by atoms with Crippen LogP contribution in [0.3, 0.4) is 0 Å². The van der Waals surface area contributed by atoms with Crippen LogP contribution < -0.4 is 16.4 Å². The minimum atomic E-state index is -0.404. The number of hydrogen-bond donors (Lipinski definition) is 3. The maximum atomic E-state index is 11.0. The number of carbonyl (C=O) groups is 1. The molecule has 0 fully saturated rings. The summed E-state index contributed by atoms with van der Waals surface area (Å²) in [5, 5.41) is 6.56. The van der Waals surface area contributed by atoms with Crippen LogP contribution in [0.15, 0.2) is 29.3 Å². The van der Waals surface area contributed by atoms with Gasteiger partial charge in [0.05, 0.1) is 0 Å². The van der Waals surface area contributed by atoms with Crippen LogP contribution in [-0.4, -0.2) is 25.5 Å². The Balaban J connectivity index is 2.30. The summed E-state index contributed by atoms with van der Waals surface area (Å²) in [6.45, 7) is 6.08. The topological polar surface area (TPSA) is 79.5 Å². The Morgan fingerprint density at radius 1 is 1.18 bits per heavy atom. The van der Waals surface area contributed by atoms with Crippen molar-refractivity contribution in [3.8, 4) is 0 Å². The highest BCUT2D eigenvalue weighted by Gasteiger charge is 2.01. The fourth-order valence-corrected chi connectivity index (χ4v) is 2.08. The number of hydrogen-bond acceptors (Lipinski definition) is 2. The molecule has 122 valence electrons. The van der Waals surface area contributed by atoms with E-state index in [1.54, 1.807) is 19.2 Å². The van der Waals surface area contributed by atoms with Gasteiger partial charge in [-0.3, -0.25) is 9.79 Å². The summed E-state index contributed by atoms with van der Waals surface area (Å²) in [7, 11) is 1.76. The third-order valence-electron chi connectivity index (χ3n) is 3.42. The molecule has 0 aliphatic heterocycles. The number of carbonyl (C=O) groups excluding carboxylic acids is 1. The van der Waals surface area contributed by atoms with Crippen LogP contribution in [0, 0.1) is 5.92 Å². The Morgan fingerprint density at radius 3 is 2.41 bits per heavy atom. The molecule has 0 aliphatic carbocycles. The number of rotatable bonds is 8. The number of nitrogens with one attached hydrogen (secondary N) is 2. The van der Waals surface area contributed by atoms with E-state index in [4.69, 9.17) is 5.73 Å². The molecule has 0 saturated carbocycles. The number of benzene rings is 1. The molecule has 0 bridgehead atoms. The molecule has 1 aromatic carbocycles. The number of guanidine groups is 1. The molecule has 0 spiro atoms. The highest BCUT2D eigenvalue weighted by molar-refractivity contribution is 5.92. The molecule has 22 heavy (non-hydrogen) atoms. The molecule has 1 rings (SSSR count). The van der Waals surface area contributed by atoms with Crippen LogP contribution in [0.5, 0.6) is 0 Å². The largest absolute Gasteiger partial charge is 0.366 e. The van der Waals surface area contributed by atoms with E-state index in [2.05, 4.69) is 29.5 Å². The number of unbranched alkanes of at least 4 members (excludes halogenated alkanes) is 1. The van der Waals surface area contributed by atoms with Gasteiger partial charge in [0.2, 0.25) is 5.91 Å². The summed E-state index contributed by atoms with van der Waals surface area (Å²) in [5.41, 5.74) is 6.82. The van der Waals surface area contributed by atoms with Crippen molar-refractivity contribution < 1.29 is 4.79 Å². The van der Waals surface area contributed by atoms with Gasteiger partial charge in [-0.05, 0) is 30.0 Å². The molecule has 0 unspecified atom stereocenters. The molecule has 5 heteroatoms. The fraction of sp³-hybridized carbons (Fsp3) is 0.529. The van der Waals surface area contributed by atoms with Gasteiger partial charge in [0.15, 0.2) is 5.96 Å². The molecule has 4 N–H and O–H groups in total. The van der Waals surface area contributed by atoms with Crippen LogP contribution in [0.25, 0.3) is 0 Å². The second-order valence-corrected chi connectivity index (χ2v) is 5.80. The summed E-state index contributed by atoms with van der Waals surface area (Å²) in [6, 6.07) is 7.26.